The van der Waals surface area contributed by atoms with Crippen molar-refractivity contribution in [2.75, 3.05) is 6.54 Å². The highest BCUT2D eigenvalue weighted by Gasteiger charge is 2.37. The summed E-state index contributed by atoms with van der Waals surface area (Å²) in [4.78, 5) is 21.1. The molecule has 0 aliphatic heterocycles. The third-order valence-electron chi connectivity index (χ3n) is 4.74. The van der Waals surface area contributed by atoms with Crippen molar-refractivity contribution in [3.8, 4) is 11.3 Å². The maximum atomic E-state index is 12.4. The lowest BCUT2D eigenvalue weighted by atomic mass is 9.74. The number of rotatable bonds is 5. The number of aromatic nitrogens is 2. The minimum atomic E-state index is -0.377. The monoisotopic (exact) mass is 344 g/mol. The molecular weight excluding hydrogens is 320 g/mol. The second-order valence-electron chi connectivity index (χ2n) is 6.71. The number of nitrogens with one attached hydrogen (secondary N) is 1. The first-order chi connectivity index (χ1) is 11.6. The van der Waals surface area contributed by atoms with E-state index in [1.165, 1.54) is 0 Å². The molecular formula is C18H24N4OS. The van der Waals surface area contributed by atoms with Crippen LogP contribution in [-0.4, -0.2) is 28.0 Å². The summed E-state index contributed by atoms with van der Waals surface area (Å²) < 4.78 is 0. The Hall–Kier alpha value is -1.79. The molecule has 2 unspecified atom stereocenters. The quantitative estimate of drug-likeness (QED) is 0.874. The van der Waals surface area contributed by atoms with E-state index in [0.29, 0.717) is 6.54 Å². The molecule has 128 valence electrons. The van der Waals surface area contributed by atoms with E-state index in [2.05, 4.69) is 15.3 Å². The van der Waals surface area contributed by atoms with E-state index in [-0.39, 0.29) is 17.4 Å². The number of carbonyl (C=O) groups excluding carboxylic acids is 1. The van der Waals surface area contributed by atoms with Crippen molar-refractivity contribution in [2.24, 2.45) is 11.7 Å². The van der Waals surface area contributed by atoms with E-state index < -0.39 is 0 Å². The molecule has 0 aromatic carbocycles. The predicted molar refractivity (Wildman–Crippen MR) is 96.6 cm³/mol. The lowest BCUT2D eigenvalue weighted by molar-refractivity contribution is -0.128. The molecule has 2 aromatic heterocycles. The third kappa shape index (κ3) is 3.99. The number of hydrogen-bond acceptors (Lipinski definition) is 5. The van der Waals surface area contributed by atoms with Crippen LogP contribution in [0, 0.1) is 5.92 Å². The lowest BCUT2D eigenvalue weighted by Crippen LogP contribution is -2.53. The average Bonchev–Trinajstić information content (AvgIpc) is 3.04. The highest BCUT2D eigenvalue weighted by Crippen LogP contribution is 2.31. The number of carbonyl (C=O) groups is 1. The van der Waals surface area contributed by atoms with Gasteiger partial charge in [0.05, 0.1) is 16.6 Å². The summed E-state index contributed by atoms with van der Waals surface area (Å²) in [6.45, 7) is 2.60. The van der Waals surface area contributed by atoms with Crippen LogP contribution in [0.4, 0.5) is 0 Å². The molecule has 1 aliphatic rings. The van der Waals surface area contributed by atoms with Crippen LogP contribution in [0.25, 0.3) is 11.3 Å². The molecule has 1 saturated carbocycles. The maximum absolute atomic E-state index is 12.4. The Bertz CT molecular complexity index is 683. The van der Waals surface area contributed by atoms with E-state index >= 15 is 0 Å². The molecule has 1 aliphatic carbocycles. The first kappa shape index (κ1) is 17.0. The van der Waals surface area contributed by atoms with Gasteiger partial charge in [0.25, 0.3) is 0 Å². The summed E-state index contributed by atoms with van der Waals surface area (Å²) in [5.41, 5.74) is 7.95. The molecule has 2 atom stereocenters. The Morgan fingerprint density at radius 3 is 2.96 bits per heavy atom. The fraction of sp³-hybridized carbons (Fsp3) is 0.500. The second-order valence-corrected chi connectivity index (χ2v) is 7.65. The molecule has 24 heavy (non-hydrogen) atoms. The topological polar surface area (TPSA) is 80.9 Å². The van der Waals surface area contributed by atoms with Gasteiger partial charge < -0.3 is 11.1 Å². The van der Waals surface area contributed by atoms with Crippen molar-refractivity contribution in [3.63, 3.8) is 0 Å². The molecule has 1 amide bonds. The minimum Gasteiger partial charge on any atom is -0.355 e. The van der Waals surface area contributed by atoms with Crippen molar-refractivity contribution in [1.29, 1.82) is 0 Å². The van der Waals surface area contributed by atoms with Gasteiger partial charge in [-0.1, -0.05) is 12.8 Å². The van der Waals surface area contributed by atoms with Gasteiger partial charge in [0.2, 0.25) is 5.91 Å². The zero-order chi connectivity index (χ0) is 17.0. The molecule has 2 heterocycles. The summed E-state index contributed by atoms with van der Waals surface area (Å²) in [6, 6.07) is 3.90. The Morgan fingerprint density at radius 2 is 2.21 bits per heavy atom. The van der Waals surface area contributed by atoms with Crippen LogP contribution >= 0.6 is 11.3 Å². The number of amides is 1. The van der Waals surface area contributed by atoms with Gasteiger partial charge in [0.1, 0.15) is 0 Å². The Labute approximate surface area is 146 Å². The third-order valence-corrected chi connectivity index (χ3v) is 5.65. The van der Waals surface area contributed by atoms with Crippen LogP contribution < -0.4 is 11.1 Å². The number of pyridine rings is 1. The van der Waals surface area contributed by atoms with Gasteiger partial charge in [-0.25, -0.2) is 4.98 Å². The van der Waals surface area contributed by atoms with Gasteiger partial charge in [-0.15, -0.1) is 11.3 Å². The molecule has 6 heteroatoms. The fourth-order valence-corrected chi connectivity index (χ4v) is 4.09. The van der Waals surface area contributed by atoms with Gasteiger partial charge in [-0.3, -0.25) is 9.78 Å². The summed E-state index contributed by atoms with van der Waals surface area (Å²) >= 11 is 1.62. The van der Waals surface area contributed by atoms with E-state index in [9.17, 15) is 4.79 Å². The molecule has 0 radical (unpaired) electrons. The maximum Gasteiger partial charge on any atom is 0.224 e. The smallest absolute Gasteiger partial charge is 0.224 e. The van der Waals surface area contributed by atoms with Crippen LogP contribution in [0.5, 0.6) is 0 Å². The zero-order valence-corrected chi connectivity index (χ0v) is 14.8. The van der Waals surface area contributed by atoms with Gasteiger partial charge in [-0.2, -0.15) is 0 Å². The summed E-state index contributed by atoms with van der Waals surface area (Å²) in [7, 11) is 0. The van der Waals surface area contributed by atoms with E-state index in [0.717, 1.165) is 48.4 Å². The summed E-state index contributed by atoms with van der Waals surface area (Å²) in [5, 5.41) is 6.12. The first-order valence-electron chi connectivity index (χ1n) is 8.48. The van der Waals surface area contributed by atoms with Crippen LogP contribution in [0.3, 0.4) is 0 Å². The molecule has 2 aromatic rings. The highest BCUT2D eigenvalue weighted by atomic mass is 32.1. The zero-order valence-electron chi connectivity index (χ0n) is 14.0. The van der Waals surface area contributed by atoms with Crippen LogP contribution in [0.1, 0.15) is 37.6 Å². The van der Waals surface area contributed by atoms with Crippen molar-refractivity contribution in [3.05, 3.63) is 34.9 Å². The number of hydrogen-bond donors (Lipinski definition) is 2. The molecule has 0 bridgehead atoms. The van der Waals surface area contributed by atoms with Crippen LogP contribution in [0.15, 0.2) is 29.9 Å². The average molecular weight is 344 g/mol. The molecule has 0 spiro atoms. The molecule has 0 saturated heterocycles. The van der Waals surface area contributed by atoms with E-state index in [4.69, 9.17) is 5.73 Å². The van der Waals surface area contributed by atoms with E-state index in [1.54, 1.807) is 23.7 Å². The lowest BCUT2D eigenvalue weighted by Gasteiger charge is -2.37. The van der Waals surface area contributed by atoms with Crippen molar-refractivity contribution in [2.45, 2.75) is 44.6 Å². The molecule has 3 rings (SSSR count). The number of nitrogens with two attached hydrogens (primary N) is 1. The Morgan fingerprint density at radius 1 is 1.42 bits per heavy atom. The highest BCUT2D eigenvalue weighted by molar-refractivity contribution is 7.09. The van der Waals surface area contributed by atoms with Gasteiger partial charge in [0.15, 0.2) is 0 Å². The van der Waals surface area contributed by atoms with Crippen molar-refractivity contribution >= 4 is 17.2 Å². The van der Waals surface area contributed by atoms with Crippen molar-refractivity contribution in [1.82, 2.24) is 15.3 Å². The normalized spacial score (nSPS) is 23.8. The van der Waals surface area contributed by atoms with Crippen molar-refractivity contribution < 1.29 is 4.79 Å². The van der Waals surface area contributed by atoms with E-state index in [1.807, 2.05) is 24.4 Å². The fourth-order valence-electron chi connectivity index (χ4n) is 3.29. The molecule has 1 fully saturated rings. The second kappa shape index (κ2) is 7.40. The number of nitrogens with zero attached hydrogens (tertiary/aromatic N) is 2. The molecule has 5 nitrogen and oxygen atoms in total. The summed E-state index contributed by atoms with van der Waals surface area (Å²) in [6.07, 6.45) is 8.30. The molecule has 3 N–H and O–H groups in total. The van der Waals surface area contributed by atoms with Crippen LogP contribution in [0.2, 0.25) is 0 Å². The Balaban J connectivity index is 1.52. The van der Waals surface area contributed by atoms with Gasteiger partial charge in [-0.05, 0) is 31.9 Å². The van der Waals surface area contributed by atoms with Crippen LogP contribution in [-0.2, 0) is 11.2 Å². The SMILES string of the molecule is CC1(N)CCCCC1C(=O)NCCc1nc(-c2ccncc2)cs1. The van der Waals surface area contributed by atoms with Gasteiger partial charge >= 0.3 is 0 Å². The van der Waals surface area contributed by atoms with Gasteiger partial charge in [0, 0.05) is 41.8 Å². The Kier molecular flexibility index (Phi) is 5.26. The first-order valence-corrected chi connectivity index (χ1v) is 9.35. The largest absolute Gasteiger partial charge is 0.355 e. The standard InChI is InChI=1S/C18H24N4OS/c1-18(19)8-3-2-4-14(18)17(23)21-11-7-16-22-15(12-24-16)13-5-9-20-10-6-13/h5-6,9-10,12,14H,2-4,7-8,11,19H2,1H3,(H,21,23). The number of thiazole rings is 1. The predicted octanol–water partition coefficient (Wildman–Crippen LogP) is 2.77. The minimum absolute atomic E-state index is 0.0741. The summed E-state index contributed by atoms with van der Waals surface area (Å²) in [5.74, 6) is 0.0144.